The van der Waals surface area contributed by atoms with Crippen molar-refractivity contribution in [1.82, 2.24) is 15.5 Å². The number of hydrogen-bond donors (Lipinski definition) is 2. The highest BCUT2D eigenvalue weighted by molar-refractivity contribution is 5.97. The van der Waals surface area contributed by atoms with Gasteiger partial charge in [0, 0.05) is 31.6 Å². The number of rotatable bonds is 5. The van der Waals surface area contributed by atoms with Crippen LogP contribution < -0.4 is 10.6 Å². The molecule has 25 heavy (non-hydrogen) atoms. The van der Waals surface area contributed by atoms with Crippen molar-refractivity contribution in [1.29, 1.82) is 0 Å². The van der Waals surface area contributed by atoms with Gasteiger partial charge < -0.3 is 15.5 Å². The smallest absolute Gasteiger partial charge is 0.251 e. The second-order valence-electron chi connectivity index (χ2n) is 6.72. The number of carbonyl (C=O) groups is 3. The van der Waals surface area contributed by atoms with Gasteiger partial charge in [-0.3, -0.25) is 14.4 Å². The third-order valence-corrected chi connectivity index (χ3v) is 4.32. The number of nitrogens with zero attached hydrogens (tertiary/aromatic N) is 1. The van der Waals surface area contributed by atoms with Gasteiger partial charge in [-0.1, -0.05) is 13.8 Å². The Morgan fingerprint density at radius 2 is 1.88 bits per heavy atom. The Kier molecular flexibility index (Phi) is 6.12. The first kappa shape index (κ1) is 18.9. The molecule has 0 saturated carbocycles. The molecular weight excluding hydrogens is 325 g/mol. The van der Waals surface area contributed by atoms with E-state index in [0.29, 0.717) is 24.9 Å². The van der Waals surface area contributed by atoms with Crippen molar-refractivity contribution in [2.75, 3.05) is 13.6 Å². The summed E-state index contributed by atoms with van der Waals surface area (Å²) in [6.07, 6.45) is 0.987. The van der Waals surface area contributed by atoms with E-state index in [9.17, 15) is 18.8 Å². The highest BCUT2D eigenvalue weighted by Gasteiger charge is 2.29. The predicted molar refractivity (Wildman–Crippen MR) is 91.3 cm³/mol. The lowest BCUT2D eigenvalue weighted by atomic mass is 10.0. The molecular formula is C18H24FN3O3. The number of amides is 3. The number of benzene rings is 1. The fourth-order valence-corrected chi connectivity index (χ4v) is 2.78. The number of likely N-dealkylation sites (tertiary alicyclic amines) is 1. The lowest BCUT2D eigenvalue weighted by molar-refractivity contribution is -0.134. The molecule has 1 heterocycles. The van der Waals surface area contributed by atoms with Crippen molar-refractivity contribution in [3.05, 3.63) is 35.6 Å². The first-order chi connectivity index (χ1) is 11.8. The molecule has 3 amide bonds. The average molecular weight is 349 g/mol. The maximum absolute atomic E-state index is 13.0. The molecule has 136 valence electrons. The van der Waals surface area contributed by atoms with E-state index in [4.69, 9.17) is 0 Å². The van der Waals surface area contributed by atoms with Crippen molar-refractivity contribution in [3.8, 4) is 0 Å². The van der Waals surface area contributed by atoms with Crippen LogP contribution in [-0.2, 0) is 9.59 Å². The quantitative estimate of drug-likeness (QED) is 0.841. The third kappa shape index (κ3) is 5.01. The van der Waals surface area contributed by atoms with Crippen LogP contribution in [0.15, 0.2) is 24.3 Å². The molecule has 1 saturated heterocycles. The van der Waals surface area contributed by atoms with E-state index in [-0.39, 0.29) is 23.8 Å². The molecule has 0 aliphatic carbocycles. The van der Waals surface area contributed by atoms with Gasteiger partial charge in [0.2, 0.25) is 11.8 Å². The zero-order valence-corrected chi connectivity index (χ0v) is 14.7. The van der Waals surface area contributed by atoms with Gasteiger partial charge in [-0.2, -0.15) is 0 Å². The summed E-state index contributed by atoms with van der Waals surface area (Å²) in [6, 6.07) is 4.32. The molecule has 2 N–H and O–H groups in total. The summed E-state index contributed by atoms with van der Waals surface area (Å²) < 4.78 is 13.0. The normalized spacial score (nSPS) is 18.8. The summed E-state index contributed by atoms with van der Waals surface area (Å²) >= 11 is 0. The van der Waals surface area contributed by atoms with E-state index in [1.807, 2.05) is 13.8 Å². The Bertz CT molecular complexity index is 645. The minimum absolute atomic E-state index is 0.0653. The number of nitrogens with one attached hydrogen (secondary N) is 2. The Balaban J connectivity index is 1.99. The number of likely N-dealkylation sites (N-methyl/N-ethyl adjacent to an activating group) is 1. The van der Waals surface area contributed by atoms with Gasteiger partial charge in [0.1, 0.15) is 11.9 Å². The van der Waals surface area contributed by atoms with Crippen LogP contribution in [0.2, 0.25) is 0 Å². The molecule has 2 rings (SSSR count). The Labute approximate surface area is 146 Å². The van der Waals surface area contributed by atoms with Crippen molar-refractivity contribution in [2.24, 2.45) is 5.92 Å². The molecule has 1 aromatic carbocycles. The zero-order chi connectivity index (χ0) is 18.6. The minimum atomic E-state index is -0.708. The van der Waals surface area contributed by atoms with Gasteiger partial charge in [0.05, 0.1) is 0 Å². The zero-order valence-electron chi connectivity index (χ0n) is 14.7. The van der Waals surface area contributed by atoms with E-state index < -0.39 is 17.8 Å². The van der Waals surface area contributed by atoms with Crippen LogP contribution in [0.1, 0.15) is 37.0 Å². The van der Waals surface area contributed by atoms with E-state index in [2.05, 4.69) is 10.6 Å². The molecule has 6 nitrogen and oxygen atoms in total. The van der Waals surface area contributed by atoms with E-state index in [1.54, 1.807) is 11.9 Å². The average Bonchev–Trinajstić information content (AvgIpc) is 2.56. The van der Waals surface area contributed by atoms with Crippen molar-refractivity contribution in [3.63, 3.8) is 0 Å². The lowest BCUT2D eigenvalue weighted by Gasteiger charge is -2.32. The second kappa shape index (κ2) is 8.09. The van der Waals surface area contributed by atoms with Crippen LogP contribution in [0.25, 0.3) is 0 Å². The summed E-state index contributed by atoms with van der Waals surface area (Å²) in [6.45, 7) is 4.14. The van der Waals surface area contributed by atoms with Crippen molar-refractivity contribution in [2.45, 2.75) is 38.8 Å². The van der Waals surface area contributed by atoms with Gasteiger partial charge in [0.15, 0.2) is 0 Å². The van der Waals surface area contributed by atoms with Crippen LogP contribution in [0, 0.1) is 11.7 Å². The molecule has 2 atom stereocenters. The third-order valence-electron chi connectivity index (χ3n) is 4.32. The van der Waals surface area contributed by atoms with E-state index >= 15 is 0 Å². The van der Waals surface area contributed by atoms with Crippen LogP contribution in [-0.4, -0.2) is 48.3 Å². The number of hydrogen-bond acceptors (Lipinski definition) is 3. The summed E-state index contributed by atoms with van der Waals surface area (Å²) in [4.78, 5) is 38.0. The topological polar surface area (TPSA) is 78.5 Å². The van der Waals surface area contributed by atoms with E-state index in [0.717, 1.165) is 0 Å². The maximum Gasteiger partial charge on any atom is 0.251 e. The van der Waals surface area contributed by atoms with E-state index in [1.165, 1.54) is 24.3 Å². The highest BCUT2D eigenvalue weighted by Crippen LogP contribution is 2.12. The van der Waals surface area contributed by atoms with Gasteiger partial charge in [-0.25, -0.2) is 4.39 Å². The first-order valence-corrected chi connectivity index (χ1v) is 8.38. The van der Waals surface area contributed by atoms with Gasteiger partial charge in [-0.05, 0) is 36.6 Å². The summed E-state index contributed by atoms with van der Waals surface area (Å²) in [5.41, 5.74) is 0.294. The summed E-state index contributed by atoms with van der Waals surface area (Å²) in [7, 11) is 1.71. The van der Waals surface area contributed by atoms with Crippen LogP contribution in [0.5, 0.6) is 0 Å². The Morgan fingerprint density at radius 3 is 2.44 bits per heavy atom. The Hall–Kier alpha value is -2.44. The number of carbonyl (C=O) groups excluding carboxylic acids is 3. The molecule has 1 fully saturated rings. The molecule has 7 heteroatoms. The molecule has 0 radical (unpaired) electrons. The second-order valence-corrected chi connectivity index (χ2v) is 6.72. The fourth-order valence-electron chi connectivity index (χ4n) is 2.78. The SMILES string of the molecule is CC(C)[C@H](NC(=O)c1ccc(F)cc1)C(=O)N[C@@H]1CCC(=O)N(C)C1. The Morgan fingerprint density at radius 1 is 1.24 bits per heavy atom. The number of halogens is 1. The van der Waals surface area contributed by atoms with Gasteiger partial charge in [0.25, 0.3) is 5.91 Å². The van der Waals surface area contributed by atoms with Crippen molar-refractivity contribution < 1.29 is 18.8 Å². The lowest BCUT2D eigenvalue weighted by Crippen LogP contribution is -2.55. The molecule has 1 aromatic rings. The highest BCUT2D eigenvalue weighted by atomic mass is 19.1. The molecule has 1 aliphatic rings. The van der Waals surface area contributed by atoms with Crippen LogP contribution in [0.3, 0.4) is 0 Å². The molecule has 0 aromatic heterocycles. The first-order valence-electron chi connectivity index (χ1n) is 8.38. The maximum atomic E-state index is 13.0. The fraction of sp³-hybridized carbons (Fsp3) is 0.500. The molecule has 1 aliphatic heterocycles. The minimum Gasteiger partial charge on any atom is -0.350 e. The van der Waals surface area contributed by atoms with Crippen molar-refractivity contribution >= 4 is 17.7 Å². The predicted octanol–water partition coefficient (Wildman–Crippen LogP) is 1.32. The largest absolute Gasteiger partial charge is 0.350 e. The summed E-state index contributed by atoms with van der Waals surface area (Å²) in [5.74, 6) is -1.18. The summed E-state index contributed by atoms with van der Waals surface area (Å²) in [5, 5.41) is 5.62. The molecule has 0 bridgehead atoms. The van der Waals surface area contributed by atoms with Crippen LogP contribution in [0.4, 0.5) is 4.39 Å². The van der Waals surface area contributed by atoms with Gasteiger partial charge in [-0.15, -0.1) is 0 Å². The van der Waals surface area contributed by atoms with Gasteiger partial charge >= 0.3 is 0 Å². The van der Waals surface area contributed by atoms with Crippen LogP contribution >= 0.6 is 0 Å². The molecule has 0 spiro atoms. The standard InChI is InChI=1S/C18H24FN3O3/c1-11(2)16(21-17(24)12-4-6-13(19)7-5-12)18(25)20-14-8-9-15(23)22(3)10-14/h4-7,11,14,16H,8-10H2,1-3H3,(H,20,25)(H,21,24)/t14-,16+/m1/s1. The monoisotopic (exact) mass is 349 g/mol. The molecule has 0 unspecified atom stereocenters. The number of piperidine rings is 1.